The molecule has 1 aliphatic heterocycles. The summed E-state index contributed by atoms with van der Waals surface area (Å²) in [4.78, 5) is 20.8. The molecular formula is C27H32F2N3O5S-. The molecule has 11 heteroatoms. The highest BCUT2D eigenvalue weighted by molar-refractivity contribution is 7.90. The van der Waals surface area contributed by atoms with E-state index in [1.807, 2.05) is 6.07 Å². The fraction of sp³-hybridized carbons (Fsp3) is 0.519. The molecule has 0 radical (unpaired) electrons. The van der Waals surface area contributed by atoms with Crippen molar-refractivity contribution in [3.63, 3.8) is 0 Å². The molecule has 0 aromatic carbocycles. The number of carbonyl (C=O) groups excluding carboxylic acids is 1. The Morgan fingerprint density at radius 1 is 1.24 bits per heavy atom. The standard InChI is InChI=1S/C27H33F2N3O5S/c1-16-19(12-11-18-10-9-17(15-31-18)20-8-7-13-30-23(20)37-6)22-21(14-27(16,28)29)38(35,36)32(24(33)34)26(22,5)25(2,3)4/h7-13,15-16,19,21-22H,14H2,1-6H3,(H,33,34)/p-1/b12-11+/t16-,19-,21+,22-,26+/m0/s1. The monoisotopic (exact) mass is 548 g/mol. The highest BCUT2D eigenvalue weighted by atomic mass is 32.2. The van der Waals surface area contributed by atoms with Crippen LogP contribution < -0.4 is 9.84 Å². The molecule has 1 amide bonds. The maximum Gasteiger partial charge on any atom is 0.252 e. The quantitative estimate of drug-likeness (QED) is 0.562. The van der Waals surface area contributed by atoms with Gasteiger partial charge in [0.2, 0.25) is 15.9 Å². The molecule has 2 aromatic heterocycles. The molecule has 1 saturated carbocycles. The Labute approximate surface area is 221 Å². The van der Waals surface area contributed by atoms with Crippen molar-refractivity contribution in [2.75, 3.05) is 7.11 Å². The molecule has 2 aromatic rings. The number of ether oxygens (including phenoxy) is 1. The molecule has 1 saturated heterocycles. The molecule has 0 bridgehead atoms. The molecule has 5 atom stereocenters. The number of hydrogen-bond acceptors (Lipinski definition) is 7. The summed E-state index contributed by atoms with van der Waals surface area (Å²) in [5.74, 6) is -6.00. The van der Waals surface area contributed by atoms with Crippen molar-refractivity contribution in [1.29, 1.82) is 0 Å². The summed E-state index contributed by atoms with van der Waals surface area (Å²) in [6, 6.07) is 7.11. The van der Waals surface area contributed by atoms with Gasteiger partial charge in [-0.1, -0.05) is 39.8 Å². The number of halogens is 2. The van der Waals surface area contributed by atoms with Gasteiger partial charge in [-0.15, -0.1) is 0 Å². The van der Waals surface area contributed by atoms with Crippen LogP contribution in [0.25, 0.3) is 17.2 Å². The van der Waals surface area contributed by atoms with Gasteiger partial charge in [-0.25, -0.2) is 26.5 Å². The fourth-order valence-corrected chi connectivity index (χ4v) is 8.67. The van der Waals surface area contributed by atoms with Crippen molar-refractivity contribution < 1.29 is 31.8 Å². The van der Waals surface area contributed by atoms with Crippen LogP contribution in [0.2, 0.25) is 0 Å². The van der Waals surface area contributed by atoms with E-state index in [9.17, 15) is 18.3 Å². The number of rotatable bonds is 4. The number of aromatic nitrogens is 2. The second-order valence-electron chi connectivity index (χ2n) is 11.3. The molecule has 4 rings (SSSR count). The molecule has 0 spiro atoms. The van der Waals surface area contributed by atoms with Crippen LogP contribution in [0.3, 0.4) is 0 Å². The van der Waals surface area contributed by atoms with E-state index in [4.69, 9.17) is 4.74 Å². The topological polar surface area (TPSA) is 113 Å². The number of amides is 1. The lowest BCUT2D eigenvalue weighted by Crippen LogP contribution is -2.62. The molecule has 0 N–H and O–H groups in total. The van der Waals surface area contributed by atoms with Gasteiger partial charge in [0.15, 0.2) is 6.09 Å². The lowest BCUT2D eigenvalue weighted by atomic mass is 9.57. The lowest BCUT2D eigenvalue weighted by Gasteiger charge is -2.52. The first-order chi connectivity index (χ1) is 17.6. The zero-order valence-corrected chi connectivity index (χ0v) is 23.0. The van der Waals surface area contributed by atoms with Crippen LogP contribution in [-0.2, 0) is 10.0 Å². The Balaban J connectivity index is 1.77. The Hall–Kier alpha value is -3.08. The van der Waals surface area contributed by atoms with Gasteiger partial charge in [0.25, 0.3) is 5.92 Å². The lowest BCUT2D eigenvalue weighted by molar-refractivity contribution is -0.267. The summed E-state index contributed by atoms with van der Waals surface area (Å²) >= 11 is 0. The van der Waals surface area contributed by atoms with Gasteiger partial charge in [-0.3, -0.25) is 4.98 Å². The third-order valence-corrected chi connectivity index (χ3v) is 10.7. The van der Waals surface area contributed by atoms with E-state index >= 15 is 8.78 Å². The minimum atomic E-state index is -4.61. The van der Waals surface area contributed by atoms with E-state index in [2.05, 4.69) is 9.97 Å². The third-order valence-electron chi connectivity index (χ3n) is 8.48. The summed E-state index contributed by atoms with van der Waals surface area (Å²) in [5.41, 5.74) is -0.453. The number of hydrogen-bond donors (Lipinski definition) is 0. The van der Waals surface area contributed by atoms with Crippen LogP contribution in [-0.4, -0.2) is 52.6 Å². The molecule has 1 aliphatic carbocycles. The van der Waals surface area contributed by atoms with Gasteiger partial charge in [0, 0.05) is 41.8 Å². The second kappa shape index (κ2) is 9.29. The van der Waals surface area contributed by atoms with Crippen molar-refractivity contribution in [1.82, 2.24) is 14.3 Å². The van der Waals surface area contributed by atoms with Crippen LogP contribution in [0.5, 0.6) is 5.88 Å². The molecule has 2 aliphatic rings. The second-order valence-corrected chi connectivity index (χ2v) is 13.3. The number of pyridine rings is 2. The molecule has 8 nitrogen and oxygen atoms in total. The smallest absolute Gasteiger partial charge is 0.252 e. The Morgan fingerprint density at radius 2 is 1.92 bits per heavy atom. The van der Waals surface area contributed by atoms with Gasteiger partial charge in [0.1, 0.15) is 0 Å². The van der Waals surface area contributed by atoms with Crippen LogP contribution in [0.15, 0.2) is 42.7 Å². The number of carboxylic acid groups (broad SMARTS) is 1. The number of allylic oxidation sites excluding steroid dienone is 1. The first-order valence-corrected chi connectivity index (χ1v) is 13.8. The maximum atomic E-state index is 15.2. The summed E-state index contributed by atoms with van der Waals surface area (Å²) in [7, 11) is -3.09. The van der Waals surface area contributed by atoms with Gasteiger partial charge >= 0.3 is 0 Å². The average molecular weight is 549 g/mol. The molecular weight excluding hydrogens is 516 g/mol. The van der Waals surface area contributed by atoms with Gasteiger partial charge in [-0.2, -0.15) is 0 Å². The Morgan fingerprint density at radius 3 is 2.47 bits per heavy atom. The minimum absolute atomic E-state index is 0.332. The predicted octanol–water partition coefficient (Wildman–Crippen LogP) is 4.24. The molecule has 0 unspecified atom stereocenters. The van der Waals surface area contributed by atoms with E-state index in [0.717, 1.165) is 11.1 Å². The number of methoxy groups -OCH3 is 1. The largest absolute Gasteiger partial charge is 0.529 e. The molecule has 38 heavy (non-hydrogen) atoms. The third kappa shape index (κ3) is 4.24. The van der Waals surface area contributed by atoms with Gasteiger partial charge in [-0.05, 0) is 42.5 Å². The number of sulfonamides is 1. The normalized spacial score (nSPS) is 30.3. The Kier molecular flexibility index (Phi) is 6.83. The fourth-order valence-electron chi connectivity index (χ4n) is 6.01. The zero-order valence-electron chi connectivity index (χ0n) is 22.2. The van der Waals surface area contributed by atoms with Crippen molar-refractivity contribution in [3.05, 3.63) is 48.4 Å². The van der Waals surface area contributed by atoms with Crippen molar-refractivity contribution in [2.24, 2.45) is 23.2 Å². The average Bonchev–Trinajstić information content (AvgIpc) is 3.01. The summed E-state index contributed by atoms with van der Waals surface area (Å²) in [6.07, 6.45) is 3.51. The van der Waals surface area contributed by atoms with E-state index in [-0.39, 0.29) is 0 Å². The van der Waals surface area contributed by atoms with E-state index in [1.54, 1.807) is 63.5 Å². The molecule has 3 heterocycles. The summed E-state index contributed by atoms with van der Waals surface area (Å²) in [5, 5.41) is 10.6. The first kappa shape index (κ1) is 27.9. The SMILES string of the molecule is COc1ncccc1-c1ccc(/C=C/[C@@H]2[C@H]3[C@@H](CC(F)(F)[C@H]2C)S(=O)(=O)N(C(=O)[O-])[C@@]3(C)C(C)(C)C)nc1. The number of nitrogens with zero attached hydrogens (tertiary/aromatic N) is 3. The minimum Gasteiger partial charge on any atom is -0.529 e. The maximum absolute atomic E-state index is 15.2. The van der Waals surface area contributed by atoms with Crippen molar-refractivity contribution in [2.45, 2.75) is 57.8 Å². The summed E-state index contributed by atoms with van der Waals surface area (Å²) in [6.45, 7) is 8.05. The zero-order chi connectivity index (χ0) is 28.3. The van der Waals surface area contributed by atoms with Crippen LogP contribution in [0, 0.1) is 23.2 Å². The van der Waals surface area contributed by atoms with E-state index < -0.39 is 62.4 Å². The van der Waals surface area contributed by atoms with Gasteiger partial charge < -0.3 is 14.6 Å². The number of carbonyl (C=O) groups is 1. The highest BCUT2D eigenvalue weighted by Crippen LogP contribution is 2.61. The molecule has 2 fully saturated rings. The van der Waals surface area contributed by atoms with Gasteiger partial charge in [0.05, 0.1) is 23.6 Å². The first-order valence-electron chi connectivity index (χ1n) is 12.3. The number of alkyl halides is 2. The van der Waals surface area contributed by atoms with Crippen LogP contribution >= 0.6 is 0 Å². The van der Waals surface area contributed by atoms with Crippen molar-refractivity contribution in [3.8, 4) is 17.0 Å². The predicted molar refractivity (Wildman–Crippen MR) is 137 cm³/mol. The van der Waals surface area contributed by atoms with E-state index in [0.29, 0.717) is 15.9 Å². The number of fused-ring (bicyclic) bond motifs is 1. The van der Waals surface area contributed by atoms with E-state index in [1.165, 1.54) is 21.0 Å². The summed E-state index contributed by atoms with van der Waals surface area (Å²) < 4.78 is 62.9. The van der Waals surface area contributed by atoms with Crippen LogP contribution in [0.1, 0.15) is 46.7 Å². The van der Waals surface area contributed by atoms with Crippen molar-refractivity contribution >= 4 is 22.2 Å². The highest BCUT2D eigenvalue weighted by Gasteiger charge is 2.71. The molecule has 206 valence electrons. The van der Waals surface area contributed by atoms with Crippen LogP contribution in [0.4, 0.5) is 13.6 Å². The Bertz CT molecular complexity index is 1360.